The lowest BCUT2D eigenvalue weighted by Gasteiger charge is -2.40. The normalized spacial score (nSPS) is 43.9. The Kier molecular flexibility index (Phi) is 4.66. The zero-order valence-electron chi connectivity index (χ0n) is 8.46. The summed E-state index contributed by atoms with van der Waals surface area (Å²) in [6.45, 7) is 3.59. The summed E-state index contributed by atoms with van der Waals surface area (Å²) in [7, 11) is 0. The van der Waals surface area contributed by atoms with Gasteiger partial charge in [0.1, 0.15) is 17.6 Å². The summed E-state index contributed by atoms with van der Waals surface area (Å²) in [4.78, 5) is 0. The molecular weight excluding hydrogens is 204 g/mol. The minimum absolute atomic E-state index is 0.113. The van der Waals surface area contributed by atoms with E-state index < -0.39 is 18.3 Å². The monoisotopic (exact) mass is 222 g/mol. The summed E-state index contributed by atoms with van der Waals surface area (Å²) in [5.74, 6) is 0.772. The van der Waals surface area contributed by atoms with Crippen LogP contribution in [0.3, 0.4) is 0 Å². The molecule has 0 bridgehead atoms. The molecule has 1 rings (SSSR count). The Hall–Kier alpha value is 0.190. The molecule has 1 fully saturated rings. The molecule has 1 saturated heterocycles. The maximum absolute atomic E-state index is 9.69. The molecule has 5 atom stereocenters. The molecule has 84 valence electrons. The molecule has 1 heterocycles. The summed E-state index contributed by atoms with van der Waals surface area (Å²) in [5, 5.41) is 28.2. The highest BCUT2D eigenvalue weighted by Crippen LogP contribution is 2.32. The topological polar surface area (TPSA) is 69.9 Å². The molecule has 3 N–H and O–H groups in total. The Morgan fingerprint density at radius 3 is 2.43 bits per heavy atom. The quantitative estimate of drug-likeness (QED) is 0.618. The smallest absolute Gasteiger partial charge is 0.110 e. The predicted molar refractivity (Wildman–Crippen MR) is 55.1 cm³/mol. The van der Waals surface area contributed by atoms with Crippen molar-refractivity contribution in [2.24, 2.45) is 5.92 Å². The third kappa shape index (κ3) is 2.41. The van der Waals surface area contributed by atoms with E-state index in [2.05, 4.69) is 0 Å². The largest absolute Gasteiger partial charge is 0.394 e. The highest BCUT2D eigenvalue weighted by molar-refractivity contribution is 7.99. The van der Waals surface area contributed by atoms with Crippen LogP contribution in [-0.4, -0.2) is 51.4 Å². The van der Waals surface area contributed by atoms with Crippen LogP contribution >= 0.6 is 11.8 Å². The molecule has 0 aliphatic carbocycles. The lowest BCUT2D eigenvalue weighted by Crippen LogP contribution is -2.53. The van der Waals surface area contributed by atoms with Crippen LogP contribution in [0.1, 0.15) is 13.8 Å². The third-order valence-corrected chi connectivity index (χ3v) is 3.72. The van der Waals surface area contributed by atoms with Gasteiger partial charge in [0.05, 0.1) is 12.7 Å². The molecule has 0 aromatic carbocycles. The summed E-state index contributed by atoms with van der Waals surface area (Å²) in [6.07, 6.45) is -2.46. The van der Waals surface area contributed by atoms with Gasteiger partial charge in [-0.1, -0.05) is 13.8 Å². The molecule has 0 aromatic heterocycles. The number of ether oxygens (including phenoxy) is 1. The highest BCUT2D eigenvalue weighted by Gasteiger charge is 2.41. The Morgan fingerprint density at radius 2 is 1.93 bits per heavy atom. The molecule has 0 amide bonds. The number of thioether (sulfide) groups is 1. The van der Waals surface area contributed by atoms with Gasteiger partial charge in [-0.05, 0) is 5.75 Å². The van der Waals surface area contributed by atoms with E-state index >= 15 is 0 Å². The summed E-state index contributed by atoms with van der Waals surface area (Å²) >= 11 is 1.58. The molecule has 0 spiro atoms. The Balaban J connectivity index is 2.63. The second-order valence-electron chi connectivity index (χ2n) is 3.52. The van der Waals surface area contributed by atoms with Crippen LogP contribution in [-0.2, 0) is 4.74 Å². The van der Waals surface area contributed by atoms with Crippen molar-refractivity contribution < 1.29 is 20.1 Å². The second-order valence-corrected chi connectivity index (χ2v) is 4.90. The minimum Gasteiger partial charge on any atom is -0.394 e. The van der Waals surface area contributed by atoms with Gasteiger partial charge in [0, 0.05) is 5.92 Å². The number of hydrogen-bond donors (Lipinski definition) is 3. The van der Waals surface area contributed by atoms with Crippen LogP contribution in [0.2, 0.25) is 0 Å². The van der Waals surface area contributed by atoms with Crippen molar-refractivity contribution in [1.82, 2.24) is 0 Å². The number of hydrogen-bond acceptors (Lipinski definition) is 5. The number of aliphatic hydroxyl groups is 3. The fourth-order valence-corrected chi connectivity index (χ4v) is 2.59. The van der Waals surface area contributed by atoms with Crippen LogP contribution in [0.4, 0.5) is 0 Å². The number of aliphatic hydroxyl groups excluding tert-OH is 3. The first-order valence-corrected chi connectivity index (χ1v) is 5.90. The maximum atomic E-state index is 9.69. The lowest BCUT2D eigenvalue weighted by atomic mass is 9.94. The summed E-state index contributed by atoms with van der Waals surface area (Å²) < 4.78 is 5.47. The predicted octanol–water partition coefficient (Wildman–Crippen LogP) is -0.185. The van der Waals surface area contributed by atoms with Gasteiger partial charge >= 0.3 is 0 Å². The van der Waals surface area contributed by atoms with Gasteiger partial charge < -0.3 is 20.1 Å². The molecule has 0 radical (unpaired) electrons. The van der Waals surface area contributed by atoms with Gasteiger partial charge in [-0.3, -0.25) is 0 Å². The SMILES string of the molecule is CCS[C@@H]1OC(CO)[C@@H](O)[C@H](O)C1C. The van der Waals surface area contributed by atoms with Crippen LogP contribution in [0.25, 0.3) is 0 Å². The first-order valence-electron chi connectivity index (χ1n) is 4.85. The van der Waals surface area contributed by atoms with Gasteiger partial charge in [0.2, 0.25) is 0 Å². The van der Waals surface area contributed by atoms with Gasteiger partial charge in [-0.15, -0.1) is 11.8 Å². The van der Waals surface area contributed by atoms with E-state index in [1.165, 1.54) is 0 Å². The lowest BCUT2D eigenvalue weighted by molar-refractivity contribution is -0.181. The molecule has 14 heavy (non-hydrogen) atoms. The summed E-state index contributed by atoms with van der Waals surface area (Å²) in [6, 6.07) is 0. The van der Waals surface area contributed by atoms with Crippen molar-refractivity contribution in [3.63, 3.8) is 0 Å². The van der Waals surface area contributed by atoms with E-state index in [9.17, 15) is 10.2 Å². The Bertz CT molecular complexity index is 174. The van der Waals surface area contributed by atoms with Crippen molar-refractivity contribution in [1.29, 1.82) is 0 Å². The van der Waals surface area contributed by atoms with E-state index in [0.29, 0.717) is 0 Å². The molecule has 2 unspecified atom stereocenters. The minimum atomic E-state index is -0.983. The van der Waals surface area contributed by atoms with Crippen molar-refractivity contribution in [3.8, 4) is 0 Å². The van der Waals surface area contributed by atoms with E-state index in [1.807, 2.05) is 13.8 Å². The van der Waals surface area contributed by atoms with E-state index in [1.54, 1.807) is 11.8 Å². The molecule has 4 nitrogen and oxygen atoms in total. The first kappa shape index (κ1) is 12.3. The zero-order chi connectivity index (χ0) is 10.7. The van der Waals surface area contributed by atoms with Gasteiger partial charge in [-0.25, -0.2) is 0 Å². The molecule has 1 aliphatic rings. The molecular formula is C9H18O4S. The van der Waals surface area contributed by atoms with Crippen molar-refractivity contribution in [2.45, 2.75) is 37.6 Å². The summed E-state index contributed by atoms with van der Waals surface area (Å²) in [5.41, 5.74) is -0.143. The average molecular weight is 222 g/mol. The molecule has 0 aromatic rings. The standard InChI is InChI=1S/C9H18O4S/c1-3-14-9-5(2)7(11)8(12)6(4-10)13-9/h5-12H,3-4H2,1-2H3/t5?,6?,7-,8-,9+/m1/s1. The Labute approximate surface area is 88.3 Å². The average Bonchev–Trinajstić information content (AvgIpc) is 2.19. The van der Waals surface area contributed by atoms with Gasteiger partial charge in [0.25, 0.3) is 0 Å². The third-order valence-electron chi connectivity index (χ3n) is 2.52. The highest BCUT2D eigenvalue weighted by atomic mass is 32.2. The second kappa shape index (κ2) is 5.32. The van der Waals surface area contributed by atoms with Gasteiger partial charge in [0.15, 0.2) is 0 Å². The van der Waals surface area contributed by atoms with Crippen LogP contribution in [0.5, 0.6) is 0 Å². The van der Waals surface area contributed by atoms with Crippen molar-refractivity contribution in [3.05, 3.63) is 0 Å². The maximum Gasteiger partial charge on any atom is 0.110 e. The van der Waals surface area contributed by atoms with Crippen molar-refractivity contribution in [2.75, 3.05) is 12.4 Å². The van der Waals surface area contributed by atoms with Crippen molar-refractivity contribution >= 4 is 11.8 Å². The van der Waals surface area contributed by atoms with E-state index in [0.717, 1.165) is 5.75 Å². The Morgan fingerprint density at radius 1 is 1.29 bits per heavy atom. The van der Waals surface area contributed by atoms with Gasteiger partial charge in [-0.2, -0.15) is 0 Å². The van der Waals surface area contributed by atoms with Crippen LogP contribution in [0.15, 0.2) is 0 Å². The molecule has 5 heteroatoms. The fourth-order valence-electron chi connectivity index (χ4n) is 1.57. The van der Waals surface area contributed by atoms with Crippen LogP contribution < -0.4 is 0 Å². The van der Waals surface area contributed by atoms with E-state index in [4.69, 9.17) is 9.84 Å². The first-order chi connectivity index (χ1) is 6.61. The number of rotatable bonds is 3. The molecule has 1 aliphatic heterocycles. The fraction of sp³-hybridized carbons (Fsp3) is 1.00. The van der Waals surface area contributed by atoms with E-state index in [-0.39, 0.29) is 18.0 Å². The molecule has 0 saturated carbocycles. The zero-order valence-corrected chi connectivity index (χ0v) is 9.28. The van der Waals surface area contributed by atoms with Crippen LogP contribution in [0, 0.1) is 5.92 Å².